The highest BCUT2D eigenvalue weighted by Crippen LogP contribution is 2.32. The molecule has 0 amide bonds. The highest BCUT2D eigenvalue weighted by molar-refractivity contribution is 6.33. The van der Waals surface area contributed by atoms with E-state index in [0.717, 1.165) is 47.2 Å². The van der Waals surface area contributed by atoms with Crippen molar-refractivity contribution in [1.29, 1.82) is 0 Å². The van der Waals surface area contributed by atoms with Crippen molar-refractivity contribution < 1.29 is 4.39 Å². The molecule has 3 aromatic rings. The molecule has 1 aliphatic carbocycles. The fourth-order valence-electron chi connectivity index (χ4n) is 4.54. The molecule has 0 aliphatic heterocycles. The molecule has 0 bridgehead atoms. The summed E-state index contributed by atoms with van der Waals surface area (Å²) in [6, 6.07) is 14.5. The van der Waals surface area contributed by atoms with E-state index in [9.17, 15) is 4.39 Å². The van der Waals surface area contributed by atoms with Gasteiger partial charge in [0.2, 0.25) is 0 Å². The van der Waals surface area contributed by atoms with Crippen LogP contribution in [0.1, 0.15) is 36.9 Å². The largest absolute Gasteiger partial charge is 0.366 e. The Morgan fingerprint density at radius 3 is 2.59 bits per heavy atom. The van der Waals surface area contributed by atoms with Crippen molar-refractivity contribution in [3.05, 3.63) is 76.8 Å². The first kappa shape index (κ1) is 22.7. The summed E-state index contributed by atoms with van der Waals surface area (Å²) in [5.74, 6) is 1.97. The Bertz CT molecular complexity index is 1030. The van der Waals surface area contributed by atoms with Crippen LogP contribution in [0.4, 0.5) is 10.2 Å². The molecule has 1 fully saturated rings. The zero-order valence-electron chi connectivity index (χ0n) is 18.5. The first-order valence-electron chi connectivity index (χ1n) is 11.4. The SMILES string of the molecule is CNCC1CCC(Cc2cc(-c3cccc(NCc4cccc(F)c4)n3)c(Cl)cn2)CC1. The Kier molecular flexibility index (Phi) is 7.72. The van der Waals surface area contributed by atoms with Gasteiger partial charge in [-0.2, -0.15) is 0 Å². The monoisotopic (exact) mass is 452 g/mol. The predicted octanol–water partition coefficient (Wildman–Crippen LogP) is 6.12. The smallest absolute Gasteiger partial charge is 0.126 e. The molecule has 0 spiro atoms. The van der Waals surface area contributed by atoms with E-state index in [0.29, 0.717) is 17.5 Å². The summed E-state index contributed by atoms with van der Waals surface area (Å²) in [6.45, 7) is 1.62. The van der Waals surface area contributed by atoms with E-state index >= 15 is 0 Å². The molecule has 32 heavy (non-hydrogen) atoms. The van der Waals surface area contributed by atoms with Crippen molar-refractivity contribution >= 4 is 17.4 Å². The van der Waals surface area contributed by atoms with Gasteiger partial charge in [-0.25, -0.2) is 9.37 Å². The third kappa shape index (κ3) is 6.05. The number of nitrogens with one attached hydrogen (secondary N) is 2. The van der Waals surface area contributed by atoms with Crippen LogP contribution in [0.5, 0.6) is 0 Å². The minimum Gasteiger partial charge on any atom is -0.366 e. The summed E-state index contributed by atoms with van der Waals surface area (Å²) in [6.07, 6.45) is 7.80. The molecule has 1 aromatic carbocycles. The molecule has 2 N–H and O–H groups in total. The Morgan fingerprint density at radius 2 is 1.81 bits per heavy atom. The van der Waals surface area contributed by atoms with Crippen molar-refractivity contribution in [3.63, 3.8) is 0 Å². The molecule has 0 unspecified atom stereocenters. The summed E-state index contributed by atoms with van der Waals surface area (Å²) in [5.41, 5.74) is 3.64. The molecule has 1 aliphatic rings. The maximum absolute atomic E-state index is 13.4. The predicted molar refractivity (Wildman–Crippen MR) is 129 cm³/mol. The summed E-state index contributed by atoms with van der Waals surface area (Å²) < 4.78 is 13.4. The standard InChI is InChI=1S/C26H30ClFN4/c1-29-15-19-10-8-18(9-11-19)13-22-14-23(24(27)17-30-22)25-6-3-7-26(32-25)31-16-20-4-2-5-21(28)12-20/h2-7,12,14,17-19,29H,8-11,13,15-16H2,1H3,(H,31,32). The average Bonchev–Trinajstić information content (AvgIpc) is 2.81. The van der Waals surface area contributed by atoms with Gasteiger partial charge < -0.3 is 10.6 Å². The first-order valence-corrected chi connectivity index (χ1v) is 11.7. The van der Waals surface area contributed by atoms with Gasteiger partial charge in [-0.15, -0.1) is 0 Å². The fourth-order valence-corrected chi connectivity index (χ4v) is 4.74. The third-order valence-electron chi connectivity index (χ3n) is 6.26. The third-order valence-corrected chi connectivity index (χ3v) is 6.56. The molecule has 2 heterocycles. The maximum Gasteiger partial charge on any atom is 0.126 e. The minimum atomic E-state index is -0.238. The number of benzene rings is 1. The maximum atomic E-state index is 13.4. The first-order chi connectivity index (χ1) is 15.6. The van der Waals surface area contributed by atoms with E-state index in [1.807, 2.05) is 31.3 Å². The lowest BCUT2D eigenvalue weighted by Gasteiger charge is -2.28. The van der Waals surface area contributed by atoms with Crippen molar-refractivity contribution in [1.82, 2.24) is 15.3 Å². The van der Waals surface area contributed by atoms with E-state index < -0.39 is 0 Å². The normalized spacial score (nSPS) is 18.5. The van der Waals surface area contributed by atoms with Gasteiger partial charge in [-0.05, 0) is 93.4 Å². The Hall–Kier alpha value is -2.50. The summed E-state index contributed by atoms with van der Waals surface area (Å²) in [5, 5.41) is 7.17. The Balaban J connectivity index is 1.43. The van der Waals surface area contributed by atoms with E-state index in [1.54, 1.807) is 12.3 Å². The number of aromatic nitrogens is 2. The van der Waals surface area contributed by atoms with Crippen molar-refractivity contribution in [2.24, 2.45) is 11.8 Å². The van der Waals surface area contributed by atoms with Crippen molar-refractivity contribution in [2.75, 3.05) is 18.9 Å². The zero-order chi connectivity index (χ0) is 22.3. The van der Waals surface area contributed by atoms with Crippen LogP contribution >= 0.6 is 11.6 Å². The van der Waals surface area contributed by atoms with Crippen LogP contribution in [0.15, 0.2) is 54.7 Å². The summed E-state index contributed by atoms with van der Waals surface area (Å²) >= 11 is 6.50. The molecule has 168 valence electrons. The molecule has 2 aromatic heterocycles. The van der Waals surface area contributed by atoms with Gasteiger partial charge in [0.1, 0.15) is 11.6 Å². The van der Waals surface area contributed by atoms with Gasteiger partial charge in [0, 0.05) is 24.0 Å². The van der Waals surface area contributed by atoms with Gasteiger partial charge in [0.25, 0.3) is 0 Å². The van der Waals surface area contributed by atoms with E-state index in [-0.39, 0.29) is 5.82 Å². The zero-order valence-corrected chi connectivity index (χ0v) is 19.2. The summed E-state index contributed by atoms with van der Waals surface area (Å²) in [7, 11) is 2.03. The molecule has 1 saturated carbocycles. The number of hydrogen-bond donors (Lipinski definition) is 2. The van der Waals surface area contributed by atoms with Crippen LogP contribution in [-0.2, 0) is 13.0 Å². The second-order valence-corrected chi connectivity index (χ2v) is 9.10. The molecule has 4 nitrogen and oxygen atoms in total. The lowest BCUT2D eigenvalue weighted by Crippen LogP contribution is -2.24. The van der Waals surface area contributed by atoms with Crippen LogP contribution < -0.4 is 10.6 Å². The number of halogens is 2. The molecular weight excluding hydrogens is 423 g/mol. The van der Waals surface area contributed by atoms with Gasteiger partial charge >= 0.3 is 0 Å². The second-order valence-electron chi connectivity index (χ2n) is 8.70. The molecule has 0 atom stereocenters. The fraction of sp³-hybridized carbons (Fsp3) is 0.385. The average molecular weight is 453 g/mol. The van der Waals surface area contributed by atoms with E-state index in [1.165, 1.54) is 37.8 Å². The number of pyridine rings is 2. The van der Waals surface area contributed by atoms with Crippen LogP contribution in [-0.4, -0.2) is 23.6 Å². The van der Waals surface area contributed by atoms with Crippen LogP contribution in [0.25, 0.3) is 11.3 Å². The number of rotatable bonds is 8. The number of anilines is 1. The van der Waals surface area contributed by atoms with Crippen molar-refractivity contribution in [2.45, 2.75) is 38.6 Å². The Morgan fingerprint density at radius 1 is 1.03 bits per heavy atom. The second kappa shape index (κ2) is 10.9. The topological polar surface area (TPSA) is 49.8 Å². The van der Waals surface area contributed by atoms with Gasteiger partial charge in [-0.3, -0.25) is 4.98 Å². The van der Waals surface area contributed by atoms with Crippen molar-refractivity contribution in [3.8, 4) is 11.3 Å². The van der Waals surface area contributed by atoms with Crippen LogP contribution in [0.2, 0.25) is 5.02 Å². The van der Waals surface area contributed by atoms with Gasteiger partial charge in [-0.1, -0.05) is 29.8 Å². The number of nitrogens with zero attached hydrogens (tertiary/aromatic N) is 2. The quantitative estimate of drug-likeness (QED) is 0.432. The van der Waals surface area contributed by atoms with Gasteiger partial charge in [0.15, 0.2) is 0 Å². The molecule has 0 saturated heterocycles. The van der Waals surface area contributed by atoms with Crippen LogP contribution in [0, 0.1) is 17.7 Å². The molecular formula is C26H30ClFN4. The molecule has 4 rings (SSSR count). The minimum absolute atomic E-state index is 0.238. The van der Waals surface area contributed by atoms with Gasteiger partial charge in [0.05, 0.1) is 10.7 Å². The van der Waals surface area contributed by atoms with Crippen LogP contribution in [0.3, 0.4) is 0 Å². The van der Waals surface area contributed by atoms with E-state index in [4.69, 9.17) is 16.6 Å². The molecule has 6 heteroatoms. The number of hydrogen-bond acceptors (Lipinski definition) is 4. The van der Waals surface area contributed by atoms with E-state index in [2.05, 4.69) is 21.7 Å². The highest BCUT2D eigenvalue weighted by Gasteiger charge is 2.21. The summed E-state index contributed by atoms with van der Waals surface area (Å²) in [4.78, 5) is 9.33. The lowest BCUT2D eigenvalue weighted by atomic mass is 9.80. The molecule has 0 radical (unpaired) electrons. The lowest BCUT2D eigenvalue weighted by molar-refractivity contribution is 0.269. The Labute approximate surface area is 194 Å². The highest BCUT2D eigenvalue weighted by atomic mass is 35.5.